The van der Waals surface area contributed by atoms with E-state index in [1.807, 2.05) is 30.3 Å². The summed E-state index contributed by atoms with van der Waals surface area (Å²) < 4.78 is 5.55. The van der Waals surface area contributed by atoms with Crippen molar-refractivity contribution in [2.24, 2.45) is 0 Å². The van der Waals surface area contributed by atoms with Crippen LogP contribution >= 0.6 is 0 Å². The van der Waals surface area contributed by atoms with Gasteiger partial charge in [0.15, 0.2) is 0 Å². The van der Waals surface area contributed by atoms with Crippen molar-refractivity contribution in [2.75, 3.05) is 32.7 Å². The smallest absolute Gasteiger partial charge is 0.303 e. The van der Waals surface area contributed by atoms with Crippen LogP contribution in [0.2, 0.25) is 0 Å². The summed E-state index contributed by atoms with van der Waals surface area (Å²) in [5.74, 6) is -0.216. The van der Waals surface area contributed by atoms with E-state index in [1.165, 1.54) is 12.5 Å². The summed E-state index contributed by atoms with van der Waals surface area (Å²) in [4.78, 5) is 16.4. The molecule has 0 radical (unpaired) electrons. The monoisotopic (exact) mass is 352 g/mol. The zero-order valence-electron chi connectivity index (χ0n) is 15.5. The number of esters is 1. The van der Waals surface area contributed by atoms with Crippen molar-refractivity contribution in [3.05, 3.63) is 71.8 Å². The average molecular weight is 352 g/mol. The molecular formula is C22H28N2O2. The molecule has 3 rings (SSSR count). The molecule has 0 N–H and O–H groups in total. The van der Waals surface area contributed by atoms with E-state index in [-0.39, 0.29) is 12.1 Å². The highest BCUT2D eigenvalue weighted by molar-refractivity contribution is 5.66. The summed E-state index contributed by atoms with van der Waals surface area (Å²) in [5.41, 5.74) is 2.45. The number of piperazine rings is 1. The van der Waals surface area contributed by atoms with Crippen LogP contribution in [-0.2, 0) is 16.1 Å². The van der Waals surface area contributed by atoms with Gasteiger partial charge in [-0.15, -0.1) is 0 Å². The van der Waals surface area contributed by atoms with Crippen molar-refractivity contribution in [3.8, 4) is 0 Å². The molecule has 1 unspecified atom stereocenters. The second kappa shape index (κ2) is 9.51. The molecule has 1 saturated heterocycles. The van der Waals surface area contributed by atoms with Crippen molar-refractivity contribution >= 4 is 5.97 Å². The predicted molar refractivity (Wildman–Crippen MR) is 104 cm³/mol. The first-order chi connectivity index (χ1) is 12.7. The number of hydrogen-bond donors (Lipinski definition) is 0. The summed E-state index contributed by atoms with van der Waals surface area (Å²) in [7, 11) is 0. The van der Waals surface area contributed by atoms with Crippen LogP contribution in [0.5, 0.6) is 0 Å². The highest BCUT2D eigenvalue weighted by Crippen LogP contribution is 2.22. The predicted octanol–water partition coefficient (Wildman–Crippen LogP) is 3.50. The lowest BCUT2D eigenvalue weighted by Gasteiger charge is -2.35. The van der Waals surface area contributed by atoms with Gasteiger partial charge in [0.2, 0.25) is 0 Å². The van der Waals surface area contributed by atoms with E-state index in [4.69, 9.17) is 4.74 Å². The Morgan fingerprint density at radius 3 is 2.12 bits per heavy atom. The van der Waals surface area contributed by atoms with E-state index in [0.29, 0.717) is 0 Å². The fourth-order valence-corrected chi connectivity index (χ4v) is 3.47. The Labute approximate surface area is 156 Å². The standard InChI is InChI=1S/C22H28N2O2/c1-19(25)26-22(21-10-6-3-7-11-21)12-13-23-14-16-24(17-15-23)18-20-8-4-2-5-9-20/h2-11,22H,12-18H2,1H3. The Bertz CT molecular complexity index is 667. The first-order valence-electron chi connectivity index (χ1n) is 9.41. The molecule has 0 amide bonds. The number of carbonyl (C=O) groups is 1. The molecule has 4 heteroatoms. The lowest BCUT2D eigenvalue weighted by Crippen LogP contribution is -2.46. The van der Waals surface area contributed by atoms with Gasteiger partial charge in [0.1, 0.15) is 6.10 Å². The van der Waals surface area contributed by atoms with Crippen LogP contribution in [0.15, 0.2) is 60.7 Å². The summed E-state index contributed by atoms with van der Waals surface area (Å²) in [6.07, 6.45) is 0.679. The number of nitrogens with zero attached hydrogens (tertiary/aromatic N) is 2. The molecule has 0 saturated carbocycles. The minimum Gasteiger partial charge on any atom is -0.458 e. The molecule has 0 spiro atoms. The summed E-state index contributed by atoms with van der Waals surface area (Å²) in [5, 5.41) is 0. The van der Waals surface area contributed by atoms with Gasteiger partial charge < -0.3 is 9.64 Å². The zero-order valence-corrected chi connectivity index (χ0v) is 15.5. The van der Waals surface area contributed by atoms with Gasteiger partial charge in [-0.05, 0) is 11.1 Å². The summed E-state index contributed by atoms with van der Waals surface area (Å²) in [6, 6.07) is 20.7. The van der Waals surface area contributed by atoms with Crippen molar-refractivity contribution in [3.63, 3.8) is 0 Å². The lowest BCUT2D eigenvalue weighted by atomic mass is 10.1. The fourth-order valence-electron chi connectivity index (χ4n) is 3.47. The molecule has 1 aliphatic rings. The fraction of sp³-hybridized carbons (Fsp3) is 0.409. The van der Waals surface area contributed by atoms with Crippen molar-refractivity contribution in [2.45, 2.75) is 26.0 Å². The first-order valence-corrected chi connectivity index (χ1v) is 9.41. The molecule has 0 bridgehead atoms. The first kappa shape index (κ1) is 18.6. The van der Waals surface area contributed by atoms with Gasteiger partial charge in [0.05, 0.1) is 0 Å². The molecular weight excluding hydrogens is 324 g/mol. The van der Waals surface area contributed by atoms with Gasteiger partial charge in [-0.25, -0.2) is 0 Å². The number of rotatable bonds is 7. The van der Waals surface area contributed by atoms with Gasteiger partial charge in [-0.1, -0.05) is 60.7 Å². The zero-order chi connectivity index (χ0) is 18.2. The minimum atomic E-state index is -0.216. The van der Waals surface area contributed by atoms with Gasteiger partial charge >= 0.3 is 5.97 Å². The third-order valence-electron chi connectivity index (χ3n) is 4.90. The van der Waals surface area contributed by atoms with Gasteiger partial charge in [0, 0.05) is 52.6 Å². The Morgan fingerprint density at radius 2 is 1.50 bits per heavy atom. The maximum atomic E-state index is 11.5. The quantitative estimate of drug-likeness (QED) is 0.714. The molecule has 1 heterocycles. The molecule has 2 aromatic rings. The van der Waals surface area contributed by atoms with E-state index in [2.05, 4.69) is 40.1 Å². The topological polar surface area (TPSA) is 32.8 Å². The molecule has 0 aromatic heterocycles. The van der Waals surface area contributed by atoms with Crippen LogP contribution in [-0.4, -0.2) is 48.5 Å². The van der Waals surface area contributed by atoms with Crippen molar-refractivity contribution < 1.29 is 9.53 Å². The second-order valence-corrected chi connectivity index (χ2v) is 6.90. The Hall–Kier alpha value is -2.17. The Kier molecular flexibility index (Phi) is 6.81. The number of carbonyl (C=O) groups excluding carboxylic acids is 1. The largest absolute Gasteiger partial charge is 0.458 e. The van der Waals surface area contributed by atoms with E-state index in [0.717, 1.165) is 51.3 Å². The van der Waals surface area contributed by atoms with Crippen LogP contribution in [0.1, 0.15) is 30.6 Å². The van der Waals surface area contributed by atoms with Crippen LogP contribution in [0.25, 0.3) is 0 Å². The molecule has 138 valence electrons. The van der Waals surface area contributed by atoms with Crippen molar-refractivity contribution in [1.29, 1.82) is 0 Å². The molecule has 26 heavy (non-hydrogen) atoms. The highest BCUT2D eigenvalue weighted by atomic mass is 16.5. The van der Waals surface area contributed by atoms with Crippen LogP contribution in [0.4, 0.5) is 0 Å². The Morgan fingerprint density at radius 1 is 0.923 bits per heavy atom. The lowest BCUT2D eigenvalue weighted by molar-refractivity contribution is -0.147. The minimum absolute atomic E-state index is 0.156. The van der Waals surface area contributed by atoms with Crippen LogP contribution < -0.4 is 0 Å². The van der Waals surface area contributed by atoms with Crippen LogP contribution in [0.3, 0.4) is 0 Å². The number of ether oxygens (including phenoxy) is 1. The van der Waals surface area contributed by atoms with E-state index in [1.54, 1.807) is 0 Å². The molecule has 1 fully saturated rings. The van der Waals surface area contributed by atoms with E-state index < -0.39 is 0 Å². The number of hydrogen-bond acceptors (Lipinski definition) is 4. The summed E-state index contributed by atoms with van der Waals surface area (Å²) in [6.45, 7) is 7.75. The molecule has 4 nitrogen and oxygen atoms in total. The molecule has 1 atom stereocenters. The van der Waals surface area contributed by atoms with Gasteiger partial charge in [0.25, 0.3) is 0 Å². The normalized spacial score (nSPS) is 17.0. The maximum absolute atomic E-state index is 11.5. The average Bonchev–Trinajstić information content (AvgIpc) is 2.67. The van der Waals surface area contributed by atoms with Crippen molar-refractivity contribution in [1.82, 2.24) is 9.80 Å². The van der Waals surface area contributed by atoms with Gasteiger partial charge in [-0.2, -0.15) is 0 Å². The maximum Gasteiger partial charge on any atom is 0.303 e. The summed E-state index contributed by atoms with van der Waals surface area (Å²) >= 11 is 0. The van der Waals surface area contributed by atoms with E-state index >= 15 is 0 Å². The molecule has 0 aliphatic carbocycles. The van der Waals surface area contributed by atoms with E-state index in [9.17, 15) is 4.79 Å². The SMILES string of the molecule is CC(=O)OC(CCN1CCN(Cc2ccccc2)CC1)c1ccccc1. The Balaban J connectivity index is 1.46. The van der Waals surface area contributed by atoms with Gasteiger partial charge in [-0.3, -0.25) is 9.69 Å². The molecule has 2 aromatic carbocycles. The third kappa shape index (κ3) is 5.68. The van der Waals surface area contributed by atoms with Crippen LogP contribution in [0, 0.1) is 0 Å². The molecule has 1 aliphatic heterocycles. The number of benzene rings is 2. The highest BCUT2D eigenvalue weighted by Gasteiger charge is 2.20. The third-order valence-corrected chi connectivity index (χ3v) is 4.90. The second-order valence-electron chi connectivity index (χ2n) is 6.90.